The van der Waals surface area contributed by atoms with Gasteiger partial charge in [0.15, 0.2) is 15.5 Å². The van der Waals surface area contributed by atoms with E-state index in [1.807, 2.05) is 0 Å². The van der Waals surface area contributed by atoms with Crippen LogP contribution in [-0.4, -0.2) is 42.1 Å². The minimum absolute atomic E-state index is 0.0555. The molecule has 0 bridgehead atoms. The summed E-state index contributed by atoms with van der Waals surface area (Å²) in [5.41, 5.74) is -0.278. The molecule has 110 valence electrons. The van der Waals surface area contributed by atoms with Crippen LogP contribution in [0, 0.1) is 0 Å². The highest BCUT2D eigenvalue weighted by Gasteiger charge is 2.29. The van der Waals surface area contributed by atoms with Gasteiger partial charge in [0.05, 0.1) is 16.9 Å². The molecule has 1 fully saturated rings. The zero-order valence-corrected chi connectivity index (χ0v) is 11.8. The number of hydrogen-bond acceptors (Lipinski definition) is 5. The van der Waals surface area contributed by atoms with Crippen LogP contribution in [0.1, 0.15) is 16.9 Å². The largest absolute Gasteiger partial charge is 0.347 e. The van der Waals surface area contributed by atoms with Gasteiger partial charge in [0, 0.05) is 11.4 Å². The summed E-state index contributed by atoms with van der Waals surface area (Å²) in [4.78, 5) is 23.9. The van der Waals surface area contributed by atoms with Gasteiger partial charge in [-0.3, -0.25) is 9.59 Å². The summed E-state index contributed by atoms with van der Waals surface area (Å²) in [6, 6.07) is 6.24. The van der Waals surface area contributed by atoms with Gasteiger partial charge in [0.2, 0.25) is 0 Å². The van der Waals surface area contributed by atoms with Crippen molar-refractivity contribution in [2.45, 2.75) is 12.5 Å². The van der Waals surface area contributed by atoms with Crippen molar-refractivity contribution in [1.29, 1.82) is 0 Å². The van der Waals surface area contributed by atoms with Crippen LogP contribution in [0.15, 0.2) is 29.1 Å². The number of nitrogens with zero attached hydrogens (tertiary/aromatic N) is 1. The van der Waals surface area contributed by atoms with Crippen LogP contribution in [0.3, 0.4) is 0 Å². The highest BCUT2D eigenvalue weighted by molar-refractivity contribution is 7.91. The number of carbonyl (C=O) groups is 1. The zero-order valence-electron chi connectivity index (χ0n) is 11.0. The van der Waals surface area contributed by atoms with Crippen molar-refractivity contribution in [3.63, 3.8) is 0 Å². The van der Waals surface area contributed by atoms with Crippen molar-refractivity contribution in [1.82, 2.24) is 15.5 Å². The number of H-pyrrole nitrogens is 1. The minimum atomic E-state index is -3.07. The first-order valence-electron chi connectivity index (χ1n) is 6.45. The molecule has 21 heavy (non-hydrogen) atoms. The zero-order chi connectivity index (χ0) is 15.0. The molecule has 1 saturated heterocycles. The number of hydrogen-bond donors (Lipinski definition) is 2. The summed E-state index contributed by atoms with van der Waals surface area (Å²) in [6.07, 6.45) is 0.398. The monoisotopic (exact) mass is 307 g/mol. The van der Waals surface area contributed by atoms with Crippen molar-refractivity contribution in [3.05, 3.63) is 40.3 Å². The Morgan fingerprint density at radius 2 is 2.00 bits per heavy atom. The molecular weight excluding hydrogens is 294 g/mol. The molecule has 1 aliphatic rings. The van der Waals surface area contributed by atoms with Crippen molar-refractivity contribution < 1.29 is 13.2 Å². The molecule has 0 saturated carbocycles. The highest BCUT2D eigenvalue weighted by Crippen LogP contribution is 2.15. The van der Waals surface area contributed by atoms with Gasteiger partial charge in [-0.15, -0.1) is 0 Å². The third kappa shape index (κ3) is 2.66. The maximum Gasteiger partial charge on any atom is 0.272 e. The molecule has 1 atom stereocenters. The van der Waals surface area contributed by atoms with E-state index in [0.29, 0.717) is 17.2 Å². The minimum Gasteiger partial charge on any atom is -0.347 e. The van der Waals surface area contributed by atoms with Gasteiger partial charge in [-0.25, -0.2) is 13.5 Å². The van der Waals surface area contributed by atoms with Crippen LogP contribution >= 0.6 is 0 Å². The van der Waals surface area contributed by atoms with Crippen molar-refractivity contribution in [2.24, 2.45) is 0 Å². The molecule has 2 heterocycles. The predicted molar refractivity (Wildman–Crippen MR) is 76.9 cm³/mol. The van der Waals surface area contributed by atoms with Crippen LogP contribution in [-0.2, 0) is 9.84 Å². The number of benzene rings is 1. The van der Waals surface area contributed by atoms with Crippen LogP contribution in [0.2, 0.25) is 0 Å². The number of nitrogens with one attached hydrogen (secondary N) is 2. The Hall–Kier alpha value is -2.22. The lowest BCUT2D eigenvalue weighted by molar-refractivity contribution is 0.0937. The van der Waals surface area contributed by atoms with Gasteiger partial charge in [0.1, 0.15) is 0 Å². The molecule has 0 radical (unpaired) electrons. The fourth-order valence-corrected chi connectivity index (χ4v) is 4.12. The van der Waals surface area contributed by atoms with Crippen molar-refractivity contribution in [2.75, 3.05) is 11.5 Å². The molecule has 0 spiro atoms. The van der Waals surface area contributed by atoms with Crippen molar-refractivity contribution >= 4 is 26.5 Å². The number of aromatic amines is 1. The quantitative estimate of drug-likeness (QED) is 0.801. The molecule has 1 aliphatic heterocycles. The summed E-state index contributed by atoms with van der Waals surface area (Å²) in [5, 5.41) is 9.54. The number of rotatable bonds is 2. The van der Waals surface area contributed by atoms with Gasteiger partial charge in [-0.1, -0.05) is 18.2 Å². The molecule has 0 aliphatic carbocycles. The van der Waals surface area contributed by atoms with Crippen LogP contribution in [0.4, 0.5) is 0 Å². The van der Waals surface area contributed by atoms with Crippen LogP contribution in [0.5, 0.6) is 0 Å². The Morgan fingerprint density at radius 3 is 2.67 bits per heavy atom. The van der Waals surface area contributed by atoms with E-state index in [1.165, 1.54) is 0 Å². The Labute approximate surface area is 120 Å². The molecule has 3 rings (SSSR count). The summed E-state index contributed by atoms with van der Waals surface area (Å²) < 4.78 is 22.8. The lowest BCUT2D eigenvalue weighted by atomic mass is 10.1. The Morgan fingerprint density at radius 1 is 1.29 bits per heavy atom. The van der Waals surface area contributed by atoms with E-state index in [0.717, 1.165) is 0 Å². The van der Waals surface area contributed by atoms with E-state index in [2.05, 4.69) is 15.5 Å². The number of sulfone groups is 1. The van der Waals surface area contributed by atoms with Gasteiger partial charge >= 0.3 is 0 Å². The van der Waals surface area contributed by atoms with Crippen LogP contribution in [0.25, 0.3) is 10.8 Å². The number of carbonyl (C=O) groups excluding carboxylic acids is 1. The predicted octanol–water partition coefficient (Wildman–Crippen LogP) is -0.160. The molecule has 1 amide bonds. The Bertz CT molecular complexity index is 872. The van der Waals surface area contributed by atoms with E-state index in [-0.39, 0.29) is 22.8 Å². The smallest absolute Gasteiger partial charge is 0.272 e. The molecule has 1 aromatic heterocycles. The summed E-state index contributed by atoms with van der Waals surface area (Å²) >= 11 is 0. The SMILES string of the molecule is O=C(NC1CCS(=O)(=O)C1)c1n[nH]c(=O)c2ccccc12. The Kier molecular flexibility index (Phi) is 3.25. The molecular formula is C13H13N3O4S. The third-order valence-electron chi connectivity index (χ3n) is 3.48. The standard InChI is InChI=1S/C13H13N3O4S/c17-12-10-4-2-1-3-9(10)11(15-16-12)13(18)14-8-5-6-21(19,20)7-8/h1-4,8H,5-7H2,(H,14,18)(H,16,17). The van der Waals surface area contributed by atoms with E-state index >= 15 is 0 Å². The Balaban J connectivity index is 1.92. The second kappa shape index (κ2) is 4.96. The van der Waals surface area contributed by atoms with E-state index in [9.17, 15) is 18.0 Å². The second-order valence-corrected chi connectivity index (χ2v) is 7.25. The molecule has 1 aromatic carbocycles. The van der Waals surface area contributed by atoms with E-state index < -0.39 is 21.8 Å². The lowest BCUT2D eigenvalue weighted by Crippen LogP contribution is -2.36. The fraction of sp³-hybridized carbons (Fsp3) is 0.308. The molecule has 8 heteroatoms. The van der Waals surface area contributed by atoms with Gasteiger partial charge in [-0.2, -0.15) is 5.10 Å². The lowest BCUT2D eigenvalue weighted by Gasteiger charge is -2.11. The van der Waals surface area contributed by atoms with Crippen LogP contribution < -0.4 is 10.9 Å². The van der Waals surface area contributed by atoms with Gasteiger partial charge in [0.25, 0.3) is 11.5 Å². The normalized spacial score (nSPS) is 20.5. The fourth-order valence-electron chi connectivity index (χ4n) is 2.45. The first kappa shape index (κ1) is 13.7. The highest BCUT2D eigenvalue weighted by atomic mass is 32.2. The topological polar surface area (TPSA) is 109 Å². The third-order valence-corrected chi connectivity index (χ3v) is 5.25. The average molecular weight is 307 g/mol. The van der Waals surface area contributed by atoms with Gasteiger partial charge in [-0.05, 0) is 12.5 Å². The summed E-state index contributed by atoms with van der Waals surface area (Å²) in [6.45, 7) is 0. The van der Waals surface area contributed by atoms with E-state index in [4.69, 9.17) is 0 Å². The molecule has 1 unspecified atom stereocenters. The summed E-state index contributed by atoms with van der Waals surface area (Å²) in [7, 11) is -3.07. The molecule has 2 N–H and O–H groups in total. The number of aromatic nitrogens is 2. The average Bonchev–Trinajstić information content (AvgIpc) is 2.78. The molecule has 2 aromatic rings. The first-order valence-corrected chi connectivity index (χ1v) is 8.27. The molecule has 7 nitrogen and oxygen atoms in total. The number of fused-ring (bicyclic) bond motifs is 1. The first-order chi connectivity index (χ1) is 9.96. The maximum absolute atomic E-state index is 12.2. The summed E-state index contributed by atoms with van der Waals surface area (Å²) in [5.74, 6) is -0.456. The van der Waals surface area contributed by atoms with Gasteiger partial charge < -0.3 is 5.32 Å². The van der Waals surface area contributed by atoms with Crippen molar-refractivity contribution in [3.8, 4) is 0 Å². The number of amides is 1. The maximum atomic E-state index is 12.2. The second-order valence-electron chi connectivity index (χ2n) is 5.02. The van der Waals surface area contributed by atoms with E-state index in [1.54, 1.807) is 24.3 Å².